The van der Waals surface area contributed by atoms with Crippen molar-refractivity contribution < 1.29 is 0 Å². The summed E-state index contributed by atoms with van der Waals surface area (Å²) in [6, 6.07) is 8.43. The van der Waals surface area contributed by atoms with Crippen LogP contribution >= 0.6 is 0 Å². The molecule has 0 saturated carbocycles. The Bertz CT molecular complexity index is 683. The second kappa shape index (κ2) is 3.70. The van der Waals surface area contributed by atoms with E-state index in [9.17, 15) is 0 Å². The first-order valence-corrected chi connectivity index (χ1v) is 5.61. The Kier molecular flexibility index (Phi) is 2.18. The minimum atomic E-state index is 0.920. The Morgan fingerprint density at radius 1 is 1.00 bits per heavy atom. The van der Waals surface area contributed by atoms with Crippen LogP contribution < -0.4 is 0 Å². The van der Waals surface area contributed by atoms with Crippen LogP contribution in [0, 0.1) is 13.8 Å². The third-order valence-electron chi connectivity index (χ3n) is 2.85. The van der Waals surface area contributed by atoms with Crippen LogP contribution in [0.2, 0.25) is 0 Å². The van der Waals surface area contributed by atoms with Crippen molar-refractivity contribution in [3.05, 3.63) is 48.0 Å². The van der Waals surface area contributed by atoms with Gasteiger partial charge in [-0.3, -0.25) is 4.98 Å². The number of fused-ring (bicyclic) bond motifs is 1. The van der Waals surface area contributed by atoms with E-state index in [1.54, 1.807) is 0 Å². The number of benzene rings is 1. The summed E-state index contributed by atoms with van der Waals surface area (Å²) >= 11 is 0. The second-order valence-electron chi connectivity index (χ2n) is 4.30. The maximum atomic E-state index is 4.48. The molecule has 0 aliphatic heterocycles. The average Bonchev–Trinajstić information content (AvgIpc) is 2.75. The predicted octanol–water partition coefficient (Wildman–Crippen LogP) is 3.24. The van der Waals surface area contributed by atoms with Crippen molar-refractivity contribution in [2.24, 2.45) is 0 Å². The molecule has 0 fully saturated rings. The van der Waals surface area contributed by atoms with Crippen LogP contribution in [0.3, 0.4) is 0 Å². The van der Waals surface area contributed by atoms with Crippen LogP contribution in [0.1, 0.15) is 11.4 Å². The van der Waals surface area contributed by atoms with E-state index in [1.807, 2.05) is 19.3 Å². The summed E-state index contributed by atoms with van der Waals surface area (Å²) in [6.07, 6.45) is 3.72. The van der Waals surface area contributed by atoms with Gasteiger partial charge in [0.1, 0.15) is 5.82 Å². The minimum Gasteiger partial charge on any atom is -0.342 e. The Labute approximate surface area is 99.5 Å². The highest BCUT2D eigenvalue weighted by atomic mass is 14.9. The van der Waals surface area contributed by atoms with Gasteiger partial charge >= 0.3 is 0 Å². The molecule has 3 heteroatoms. The van der Waals surface area contributed by atoms with E-state index in [-0.39, 0.29) is 0 Å². The van der Waals surface area contributed by atoms with Gasteiger partial charge in [0.05, 0.1) is 17.4 Å². The zero-order chi connectivity index (χ0) is 11.8. The molecule has 0 unspecified atom stereocenters. The summed E-state index contributed by atoms with van der Waals surface area (Å²) in [7, 11) is 0. The first kappa shape index (κ1) is 10.0. The quantitative estimate of drug-likeness (QED) is 0.688. The summed E-state index contributed by atoms with van der Waals surface area (Å²) in [5, 5.41) is 1.15. The highest BCUT2D eigenvalue weighted by molar-refractivity contribution is 5.83. The summed E-state index contributed by atoms with van der Waals surface area (Å²) < 4.78 is 0. The molecule has 0 aliphatic carbocycles. The van der Waals surface area contributed by atoms with E-state index in [4.69, 9.17) is 0 Å². The van der Waals surface area contributed by atoms with Gasteiger partial charge in [0.15, 0.2) is 0 Å². The zero-order valence-electron chi connectivity index (χ0n) is 9.86. The van der Waals surface area contributed by atoms with Crippen LogP contribution in [0.5, 0.6) is 0 Å². The second-order valence-corrected chi connectivity index (χ2v) is 4.30. The number of pyridine rings is 1. The third kappa shape index (κ3) is 1.80. The van der Waals surface area contributed by atoms with E-state index in [2.05, 4.69) is 46.1 Å². The lowest BCUT2D eigenvalue weighted by Crippen LogP contribution is -1.84. The van der Waals surface area contributed by atoms with Crippen LogP contribution in [-0.4, -0.2) is 15.0 Å². The van der Waals surface area contributed by atoms with E-state index >= 15 is 0 Å². The molecular weight excluding hydrogens is 210 g/mol. The fourth-order valence-corrected chi connectivity index (χ4v) is 1.95. The molecule has 17 heavy (non-hydrogen) atoms. The van der Waals surface area contributed by atoms with Gasteiger partial charge in [-0.15, -0.1) is 0 Å². The molecular formula is C14H13N3. The minimum absolute atomic E-state index is 0.920. The molecule has 2 aromatic heterocycles. The van der Waals surface area contributed by atoms with Crippen LogP contribution in [0.4, 0.5) is 0 Å². The highest BCUT2D eigenvalue weighted by Crippen LogP contribution is 2.21. The van der Waals surface area contributed by atoms with Crippen molar-refractivity contribution in [2.75, 3.05) is 0 Å². The number of aromatic nitrogens is 3. The number of aryl methyl sites for hydroxylation is 2. The molecule has 0 amide bonds. The monoisotopic (exact) mass is 223 g/mol. The highest BCUT2D eigenvalue weighted by Gasteiger charge is 2.03. The lowest BCUT2D eigenvalue weighted by atomic mass is 10.1. The first-order chi connectivity index (χ1) is 8.22. The lowest BCUT2D eigenvalue weighted by Gasteiger charge is -2.02. The van der Waals surface area contributed by atoms with E-state index in [1.165, 1.54) is 5.56 Å². The molecule has 0 spiro atoms. The zero-order valence-corrected chi connectivity index (χ0v) is 9.86. The van der Waals surface area contributed by atoms with E-state index < -0.39 is 0 Å². The molecule has 0 saturated heterocycles. The normalized spacial score (nSPS) is 10.9. The Morgan fingerprint density at radius 3 is 2.65 bits per heavy atom. The fourth-order valence-electron chi connectivity index (χ4n) is 1.95. The van der Waals surface area contributed by atoms with Gasteiger partial charge in [0.2, 0.25) is 0 Å². The lowest BCUT2D eigenvalue weighted by molar-refractivity contribution is 1.15. The van der Waals surface area contributed by atoms with Gasteiger partial charge in [0.25, 0.3) is 0 Å². The third-order valence-corrected chi connectivity index (χ3v) is 2.85. The van der Waals surface area contributed by atoms with Crippen molar-refractivity contribution in [1.29, 1.82) is 0 Å². The molecule has 3 nitrogen and oxygen atoms in total. The number of nitrogens with zero attached hydrogens (tertiary/aromatic N) is 2. The number of rotatable bonds is 1. The summed E-state index contributed by atoms with van der Waals surface area (Å²) in [6.45, 7) is 4.02. The molecule has 1 aromatic carbocycles. The van der Waals surface area contributed by atoms with Crippen molar-refractivity contribution in [2.45, 2.75) is 13.8 Å². The largest absolute Gasteiger partial charge is 0.342 e. The fraction of sp³-hybridized carbons (Fsp3) is 0.143. The number of aromatic amines is 1. The predicted molar refractivity (Wildman–Crippen MR) is 68.8 cm³/mol. The van der Waals surface area contributed by atoms with Crippen LogP contribution in [-0.2, 0) is 0 Å². The maximum absolute atomic E-state index is 4.48. The summed E-state index contributed by atoms with van der Waals surface area (Å²) in [5.41, 5.74) is 4.35. The van der Waals surface area contributed by atoms with Gasteiger partial charge in [-0.1, -0.05) is 12.1 Å². The van der Waals surface area contributed by atoms with Gasteiger partial charge in [-0.05, 0) is 31.5 Å². The molecule has 84 valence electrons. The molecule has 2 heterocycles. The van der Waals surface area contributed by atoms with Crippen molar-refractivity contribution >= 4 is 10.9 Å². The van der Waals surface area contributed by atoms with Crippen molar-refractivity contribution in [1.82, 2.24) is 15.0 Å². The van der Waals surface area contributed by atoms with Crippen molar-refractivity contribution in [3.8, 4) is 11.3 Å². The Balaban J connectivity index is 2.16. The molecule has 0 bridgehead atoms. The van der Waals surface area contributed by atoms with Gasteiger partial charge in [0, 0.05) is 17.1 Å². The molecule has 0 radical (unpaired) electrons. The Hall–Kier alpha value is -2.16. The average molecular weight is 223 g/mol. The van der Waals surface area contributed by atoms with E-state index in [0.717, 1.165) is 28.0 Å². The topological polar surface area (TPSA) is 41.6 Å². The Morgan fingerprint density at radius 2 is 1.88 bits per heavy atom. The molecule has 0 atom stereocenters. The van der Waals surface area contributed by atoms with Crippen molar-refractivity contribution in [3.63, 3.8) is 0 Å². The number of H-pyrrole nitrogens is 1. The number of hydrogen-bond donors (Lipinski definition) is 1. The number of hydrogen-bond acceptors (Lipinski definition) is 2. The number of imidazole rings is 1. The summed E-state index contributed by atoms with van der Waals surface area (Å²) in [5.74, 6) is 0.920. The molecule has 3 aromatic rings. The first-order valence-electron chi connectivity index (χ1n) is 5.61. The number of nitrogens with one attached hydrogen (secondary N) is 1. The van der Waals surface area contributed by atoms with Crippen LogP contribution in [0.15, 0.2) is 36.7 Å². The smallest absolute Gasteiger partial charge is 0.103 e. The standard InChI is InChI=1S/C14H13N3/c1-9-3-4-11-6-12(7-16-13(11)5-9)14-8-15-10(2)17-14/h3-8H,1-2H3,(H,15,17). The van der Waals surface area contributed by atoms with Gasteiger partial charge in [-0.2, -0.15) is 0 Å². The maximum Gasteiger partial charge on any atom is 0.103 e. The van der Waals surface area contributed by atoms with Gasteiger partial charge < -0.3 is 4.98 Å². The molecule has 3 rings (SSSR count). The van der Waals surface area contributed by atoms with Gasteiger partial charge in [-0.25, -0.2) is 4.98 Å². The molecule has 0 aliphatic rings. The van der Waals surface area contributed by atoms with E-state index in [0.29, 0.717) is 0 Å². The molecule has 1 N–H and O–H groups in total. The van der Waals surface area contributed by atoms with Crippen LogP contribution in [0.25, 0.3) is 22.2 Å². The SMILES string of the molecule is Cc1ccc2cc(-c3cnc(C)[nH]3)cnc2c1. The summed E-state index contributed by atoms with van der Waals surface area (Å²) in [4.78, 5) is 11.9.